The summed E-state index contributed by atoms with van der Waals surface area (Å²) in [4.78, 5) is 35.1. The third kappa shape index (κ3) is 5.35. The smallest absolute Gasteiger partial charge is 0.272 e. The molecule has 2 bridgehead atoms. The van der Waals surface area contributed by atoms with Crippen molar-refractivity contribution in [1.29, 1.82) is 0 Å². The van der Waals surface area contributed by atoms with Crippen molar-refractivity contribution in [3.8, 4) is 16.9 Å². The molecule has 2 atom stereocenters. The van der Waals surface area contributed by atoms with Gasteiger partial charge in [0.2, 0.25) is 5.91 Å². The number of amides is 2. The van der Waals surface area contributed by atoms with Gasteiger partial charge in [0.1, 0.15) is 12.0 Å². The van der Waals surface area contributed by atoms with E-state index in [1.807, 2.05) is 25.1 Å². The van der Waals surface area contributed by atoms with E-state index in [9.17, 15) is 14.0 Å². The highest BCUT2D eigenvalue weighted by Crippen LogP contribution is 2.33. The van der Waals surface area contributed by atoms with Gasteiger partial charge in [-0.05, 0) is 67.8 Å². The second-order valence-electron chi connectivity index (χ2n) is 9.75. The van der Waals surface area contributed by atoms with Gasteiger partial charge in [-0.2, -0.15) is 0 Å². The van der Waals surface area contributed by atoms with Crippen LogP contribution >= 0.6 is 11.6 Å². The molecule has 2 amide bonds. The molecule has 0 saturated heterocycles. The van der Waals surface area contributed by atoms with Crippen molar-refractivity contribution in [2.75, 3.05) is 11.1 Å². The van der Waals surface area contributed by atoms with Crippen LogP contribution in [0.1, 0.15) is 54.0 Å². The number of imidazole rings is 1. The zero-order valence-corrected chi connectivity index (χ0v) is 22.3. The Morgan fingerprint density at radius 2 is 2.00 bits per heavy atom. The molecule has 200 valence electrons. The minimum absolute atomic E-state index is 0.0134. The molecule has 10 heteroatoms. The molecule has 39 heavy (non-hydrogen) atoms. The monoisotopic (exact) mass is 546 g/mol. The summed E-state index contributed by atoms with van der Waals surface area (Å²) in [6, 6.07) is 13.4. The van der Waals surface area contributed by atoms with Crippen LogP contribution in [0, 0.1) is 18.7 Å². The van der Waals surface area contributed by atoms with Gasteiger partial charge in [0.25, 0.3) is 5.91 Å². The van der Waals surface area contributed by atoms with E-state index in [1.54, 1.807) is 37.4 Å². The molecule has 8 nitrogen and oxygen atoms in total. The summed E-state index contributed by atoms with van der Waals surface area (Å²) in [5.41, 5.74) is 10.2. The lowest BCUT2D eigenvalue weighted by Crippen LogP contribution is -2.30. The van der Waals surface area contributed by atoms with Crippen LogP contribution in [-0.4, -0.2) is 26.3 Å². The molecular weight excluding hydrogens is 519 g/mol. The summed E-state index contributed by atoms with van der Waals surface area (Å²) in [6.07, 6.45) is 5.03. The Balaban J connectivity index is 1.49. The maximum absolute atomic E-state index is 14.7. The van der Waals surface area contributed by atoms with Gasteiger partial charge < -0.3 is 16.4 Å². The van der Waals surface area contributed by atoms with Crippen LogP contribution in [0.2, 0.25) is 5.02 Å². The lowest BCUT2D eigenvalue weighted by molar-refractivity contribution is -0.119. The van der Waals surface area contributed by atoms with E-state index in [4.69, 9.17) is 17.3 Å². The van der Waals surface area contributed by atoms with Crippen molar-refractivity contribution in [2.24, 2.45) is 5.92 Å². The average molecular weight is 547 g/mol. The number of carbonyl (C=O) groups is 2. The van der Waals surface area contributed by atoms with Gasteiger partial charge in [-0.15, -0.1) is 0 Å². The van der Waals surface area contributed by atoms with Crippen molar-refractivity contribution in [3.63, 3.8) is 0 Å². The summed E-state index contributed by atoms with van der Waals surface area (Å²) in [5, 5.41) is 6.09. The molecule has 2 unspecified atom stereocenters. The predicted octanol–water partition coefficient (Wildman–Crippen LogP) is 5.85. The molecule has 2 aromatic carbocycles. The topological polar surface area (TPSA) is 115 Å². The molecule has 4 aromatic rings. The maximum atomic E-state index is 14.7. The molecule has 0 spiro atoms. The van der Waals surface area contributed by atoms with Gasteiger partial charge >= 0.3 is 0 Å². The fourth-order valence-electron chi connectivity index (χ4n) is 4.82. The summed E-state index contributed by atoms with van der Waals surface area (Å²) in [6.45, 7) is 3.58. The Bertz CT molecular complexity index is 1570. The normalized spacial score (nSPS) is 17.4. The number of hydrogen-bond donors (Lipinski definition) is 3. The average Bonchev–Trinajstić information content (AvgIpc) is 3.30. The summed E-state index contributed by atoms with van der Waals surface area (Å²) >= 11 is 5.96. The number of nitrogen functional groups attached to an aromatic ring is 1. The highest BCUT2D eigenvalue weighted by Gasteiger charge is 2.24. The lowest BCUT2D eigenvalue weighted by atomic mass is 9.94. The SMILES string of the molecule is Cc1c(C(=O)NC2CCCC(C)C(=O)Nc3cc(N)ccc3-c3cc2ccn3)ncn1-c1cccc(Cl)c1F. The lowest BCUT2D eigenvalue weighted by Gasteiger charge is -2.22. The number of benzene rings is 2. The Morgan fingerprint density at radius 3 is 2.82 bits per heavy atom. The highest BCUT2D eigenvalue weighted by atomic mass is 35.5. The number of nitrogens with zero attached hydrogens (tertiary/aromatic N) is 3. The largest absolute Gasteiger partial charge is 0.399 e. The zero-order chi connectivity index (χ0) is 27.7. The second-order valence-corrected chi connectivity index (χ2v) is 10.2. The highest BCUT2D eigenvalue weighted by molar-refractivity contribution is 6.30. The van der Waals surface area contributed by atoms with E-state index in [1.165, 1.54) is 17.0 Å². The predicted molar refractivity (Wildman–Crippen MR) is 149 cm³/mol. The quantitative estimate of drug-likeness (QED) is 0.279. The Morgan fingerprint density at radius 1 is 1.18 bits per heavy atom. The summed E-state index contributed by atoms with van der Waals surface area (Å²) in [5.74, 6) is -1.32. The number of rotatable bonds is 3. The molecular formula is C29H28ClFN6O2. The van der Waals surface area contributed by atoms with Crippen LogP contribution in [0.15, 0.2) is 61.1 Å². The molecule has 5 rings (SSSR count). The van der Waals surface area contributed by atoms with E-state index < -0.39 is 5.82 Å². The molecule has 1 aliphatic heterocycles. The van der Waals surface area contributed by atoms with Crippen LogP contribution in [-0.2, 0) is 4.79 Å². The molecule has 2 aromatic heterocycles. The molecule has 1 aliphatic rings. The van der Waals surface area contributed by atoms with Crippen LogP contribution in [0.25, 0.3) is 16.9 Å². The third-order valence-corrected chi connectivity index (χ3v) is 7.35. The maximum Gasteiger partial charge on any atom is 0.272 e. The third-order valence-electron chi connectivity index (χ3n) is 7.06. The van der Waals surface area contributed by atoms with E-state index in [2.05, 4.69) is 20.6 Å². The van der Waals surface area contributed by atoms with Crippen molar-refractivity contribution in [1.82, 2.24) is 19.9 Å². The number of carbonyl (C=O) groups excluding carboxylic acids is 2. The minimum atomic E-state index is -0.588. The Labute approximate surface area is 230 Å². The number of nitrogens with two attached hydrogens (primary N) is 1. The van der Waals surface area contributed by atoms with Crippen molar-refractivity contribution < 1.29 is 14.0 Å². The van der Waals surface area contributed by atoms with Crippen LogP contribution in [0.5, 0.6) is 0 Å². The van der Waals surface area contributed by atoms with Gasteiger partial charge in [-0.3, -0.25) is 19.1 Å². The molecule has 3 heterocycles. The van der Waals surface area contributed by atoms with Gasteiger partial charge in [-0.1, -0.05) is 31.0 Å². The minimum Gasteiger partial charge on any atom is -0.399 e. The second kappa shape index (κ2) is 10.9. The Hall–Kier alpha value is -4.24. The van der Waals surface area contributed by atoms with Crippen molar-refractivity contribution >= 4 is 34.8 Å². The van der Waals surface area contributed by atoms with Crippen LogP contribution in [0.4, 0.5) is 15.8 Å². The Kier molecular flexibility index (Phi) is 7.34. The number of nitrogens with one attached hydrogen (secondary N) is 2. The van der Waals surface area contributed by atoms with Gasteiger partial charge in [0.05, 0.1) is 33.8 Å². The first kappa shape index (κ1) is 26.4. The number of fused-ring (bicyclic) bond motifs is 4. The zero-order valence-electron chi connectivity index (χ0n) is 21.5. The molecule has 0 radical (unpaired) electrons. The van der Waals surface area contributed by atoms with E-state index in [-0.39, 0.29) is 40.2 Å². The van der Waals surface area contributed by atoms with Crippen molar-refractivity contribution in [3.05, 3.63) is 88.8 Å². The standard InChI is InChI=1S/C29H28ClFN6O2/c1-16-5-3-7-22(18-11-12-33-23(13-18)20-10-9-19(32)14-24(20)36-28(16)38)35-29(39)27-17(2)37(15-34-27)25-8-4-6-21(30)26(25)31/h4,6,8-16,22H,3,5,7,32H2,1-2H3,(H,35,39)(H,36,38). The van der Waals surface area contributed by atoms with E-state index in [0.29, 0.717) is 42.0 Å². The van der Waals surface area contributed by atoms with Crippen LogP contribution in [0.3, 0.4) is 0 Å². The van der Waals surface area contributed by atoms with E-state index >= 15 is 0 Å². The molecule has 4 N–H and O–H groups in total. The molecule has 0 fully saturated rings. The number of hydrogen-bond acceptors (Lipinski definition) is 5. The molecule has 0 aliphatic carbocycles. The van der Waals surface area contributed by atoms with Gasteiger partial charge in [0, 0.05) is 23.4 Å². The van der Waals surface area contributed by atoms with E-state index in [0.717, 1.165) is 11.1 Å². The van der Waals surface area contributed by atoms with Crippen molar-refractivity contribution in [2.45, 2.75) is 39.2 Å². The number of anilines is 2. The first-order valence-electron chi connectivity index (χ1n) is 12.7. The fraction of sp³-hybridized carbons (Fsp3) is 0.241. The fourth-order valence-corrected chi connectivity index (χ4v) is 4.99. The number of aromatic nitrogens is 3. The van der Waals surface area contributed by atoms with Crippen LogP contribution < -0.4 is 16.4 Å². The molecule has 0 saturated carbocycles. The van der Waals surface area contributed by atoms with Gasteiger partial charge in [-0.25, -0.2) is 9.37 Å². The number of pyridine rings is 1. The van der Waals surface area contributed by atoms with Gasteiger partial charge in [0.15, 0.2) is 5.82 Å². The first-order valence-corrected chi connectivity index (χ1v) is 13.1. The summed E-state index contributed by atoms with van der Waals surface area (Å²) in [7, 11) is 0. The number of halogens is 2. The first-order chi connectivity index (χ1) is 18.7. The summed E-state index contributed by atoms with van der Waals surface area (Å²) < 4.78 is 16.2.